The standard InChI is InChI=1S/C10H20N2O2/c1-3-7-12-9(13)14-8-10(12,2)5-4-6-11/h3-8,11H2,1-2H3. The molecule has 82 valence electrons. The fraction of sp³-hybridized carbons (Fsp3) is 0.900. The van der Waals surface area contributed by atoms with Gasteiger partial charge < -0.3 is 10.5 Å². The molecule has 0 bridgehead atoms. The third kappa shape index (κ3) is 2.18. The van der Waals surface area contributed by atoms with Crippen LogP contribution in [0.2, 0.25) is 0 Å². The van der Waals surface area contributed by atoms with Gasteiger partial charge in [-0.15, -0.1) is 0 Å². The Kier molecular flexibility index (Phi) is 3.75. The molecule has 4 heteroatoms. The van der Waals surface area contributed by atoms with Gasteiger partial charge in [0.25, 0.3) is 0 Å². The molecule has 0 aliphatic carbocycles. The van der Waals surface area contributed by atoms with Crippen LogP contribution >= 0.6 is 0 Å². The highest BCUT2D eigenvalue weighted by atomic mass is 16.6. The molecule has 4 nitrogen and oxygen atoms in total. The highest BCUT2D eigenvalue weighted by Gasteiger charge is 2.42. The average molecular weight is 200 g/mol. The lowest BCUT2D eigenvalue weighted by Gasteiger charge is -2.31. The second kappa shape index (κ2) is 4.64. The van der Waals surface area contributed by atoms with Gasteiger partial charge in [0.15, 0.2) is 0 Å². The minimum absolute atomic E-state index is 0.132. The molecule has 0 saturated carbocycles. The first-order valence-electron chi connectivity index (χ1n) is 5.28. The smallest absolute Gasteiger partial charge is 0.410 e. The summed E-state index contributed by atoms with van der Waals surface area (Å²) < 4.78 is 5.08. The van der Waals surface area contributed by atoms with Crippen molar-refractivity contribution in [1.29, 1.82) is 0 Å². The first kappa shape index (κ1) is 11.3. The van der Waals surface area contributed by atoms with Gasteiger partial charge in [-0.2, -0.15) is 0 Å². The zero-order chi connectivity index (χ0) is 10.6. The molecule has 2 N–H and O–H groups in total. The van der Waals surface area contributed by atoms with Crippen molar-refractivity contribution in [2.24, 2.45) is 5.73 Å². The Hall–Kier alpha value is -0.770. The third-order valence-corrected chi connectivity index (χ3v) is 2.75. The van der Waals surface area contributed by atoms with Crippen LogP contribution in [0.3, 0.4) is 0 Å². The van der Waals surface area contributed by atoms with E-state index in [0.717, 1.165) is 25.8 Å². The van der Waals surface area contributed by atoms with Crippen molar-refractivity contribution < 1.29 is 9.53 Å². The summed E-state index contributed by atoms with van der Waals surface area (Å²) in [7, 11) is 0. The molecule has 1 aliphatic rings. The highest BCUT2D eigenvalue weighted by molar-refractivity contribution is 5.71. The number of ether oxygens (including phenoxy) is 1. The van der Waals surface area contributed by atoms with E-state index in [-0.39, 0.29) is 11.6 Å². The van der Waals surface area contributed by atoms with Crippen LogP contribution in [0, 0.1) is 0 Å². The number of amides is 1. The number of nitrogens with zero attached hydrogens (tertiary/aromatic N) is 1. The lowest BCUT2D eigenvalue weighted by atomic mass is 9.95. The van der Waals surface area contributed by atoms with E-state index in [1.807, 2.05) is 4.90 Å². The second-order valence-electron chi connectivity index (χ2n) is 4.10. The summed E-state index contributed by atoms with van der Waals surface area (Å²) in [4.78, 5) is 13.3. The van der Waals surface area contributed by atoms with Crippen molar-refractivity contribution >= 4 is 6.09 Å². The Balaban J connectivity index is 2.60. The number of cyclic esters (lactones) is 1. The molecular formula is C10H20N2O2. The van der Waals surface area contributed by atoms with Crippen molar-refractivity contribution in [3.05, 3.63) is 0 Å². The van der Waals surface area contributed by atoms with E-state index in [4.69, 9.17) is 10.5 Å². The van der Waals surface area contributed by atoms with Crippen molar-refractivity contribution in [3.8, 4) is 0 Å². The van der Waals surface area contributed by atoms with E-state index in [1.54, 1.807) is 0 Å². The Labute approximate surface area is 85.4 Å². The number of carbonyl (C=O) groups excluding carboxylic acids is 1. The van der Waals surface area contributed by atoms with Gasteiger partial charge >= 0.3 is 6.09 Å². The Morgan fingerprint density at radius 1 is 1.64 bits per heavy atom. The topological polar surface area (TPSA) is 55.6 Å². The van der Waals surface area contributed by atoms with E-state index in [9.17, 15) is 4.79 Å². The van der Waals surface area contributed by atoms with Crippen molar-refractivity contribution in [2.75, 3.05) is 19.7 Å². The number of hydrogen-bond donors (Lipinski definition) is 1. The molecule has 1 atom stereocenters. The molecule has 0 aromatic heterocycles. The van der Waals surface area contributed by atoms with E-state index in [1.165, 1.54) is 0 Å². The zero-order valence-corrected chi connectivity index (χ0v) is 9.08. The van der Waals surface area contributed by atoms with E-state index < -0.39 is 0 Å². The monoisotopic (exact) mass is 200 g/mol. The Bertz CT molecular complexity index is 208. The average Bonchev–Trinajstić information content (AvgIpc) is 2.44. The summed E-state index contributed by atoms with van der Waals surface area (Å²) in [6.45, 7) is 6.09. The SMILES string of the molecule is CCCN1C(=O)OCC1(C)CCCN. The van der Waals surface area contributed by atoms with Crippen molar-refractivity contribution in [2.45, 2.75) is 38.6 Å². The normalized spacial score (nSPS) is 26.8. The maximum absolute atomic E-state index is 11.4. The van der Waals surface area contributed by atoms with Gasteiger partial charge in [0.05, 0.1) is 5.54 Å². The summed E-state index contributed by atoms with van der Waals surface area (Å²) in [5.41, 5.74) is 5.34. The maximum Gasteiger partial charge on any atom is 0.410 e. The van der Waals surface area contributed by atoms with Crippen LogP contribution in [0.1, 0.15) is 33.1 Å². The molecule has 1 heterocycles. The zero-order valence-electron chi connectivity index (χ0n) is 9.08. The summed E-state index contributed by atoms with van der Waals surface area (Å²) in [5, 5.41) is 0. The quantitative estimate of drug-likeness (QED) is 0.728. The number of nitrogens with two attached hydrogens (primary N) is 1. The maximum atomic E-state index is 11.4. The molecular weight excluding hydrogens is 180 g/mol. The number of rotatable bonds is 5. The van der Waals surface area contributed by atoms with Crippen LogP contribution in [0.15, 0.2) is 0 Å². The van der Waals surface area contributed by atoms with Crippen LogP contribution in [-0.2, 0) is 4.74 Å². The first-order valence-corrected chi connectivity index (χ1v) is 5.28. The molecule has 1 amide bonds. The predicted octanol–water partition coefficient (Wildman–Crippen LogP) is 1.35. The molecule has 0 radical (unpaired) electrons. The number of hydrogen-bond acceptors (Lipinski definition) is 3. The molecule has 1 fully saturated rings. The van der Waals surface area contributed by atoms with E-state index in [2.05, 4.69) is 13.8 Å². The van der Waals surface area contributed by atoms with Crippen LogP contribution in [-0.4, -0.2) is 36.2 Å². The van der Waals surface area contributed by atoms with Gasteiger partial charge in [0, 0.05) is 6.54 Å². The molecule has 1 rings (SSSR count). The van der Waals surface area contributed by atoms with Crippen LogP contribution in [0.5, 0.6) is 0 Å². The summed E-state index contributed by atoms with van der Waals surface area (Å²) in [6.07, 6.45) is 2.65. The third-order valence-electron chi connectivity index (χ3n) is 2.75. The first-order chi connectivity index (χ1) is 6.64. The minimum Gasteiger partial charge on any atom is -0.447 e. The fourth-order valence-electron chi connectivity index (χ4n) is 1.87. The van der Waals surface area contributed by atoms with Crippen molar-refractivity contribution in [1.82, 2.24) is 4.90 Å². The fourth-order valence-corrected chi connectivity index (χ4v) is 1.87. The Morgan fingerprint density at radius 3 is 2.93 bits per heavy atom. The molecule has 0 spiro atoms. The summed E-state index contributed by atoms with van der Waals surface area (Å²) in [6, 6.07) is 0. The minimum atomic E-state index is -0.175. The van der Waals surface area contributed by atoms with Gasteiger partial charge in [0.2, 0.25) is 0 Å². The summed E-state index contributed by atoms with van der Waals surface area (Å²) >= 11 is 0. The van der Waals surface area contributed by atoms with E-state index >= 15 is 0 Å². The van der Waals surface area contributed by atoms with Crippen molar-refractivity contribution in [3.63, 3.8) is 0 Å². The van der Waals surface area contributed by atoms with Gasteiger partial charge in [-0.05, 0) is 32.7 Å². The molecule has 0 aromatic rings. The van der Waals surface area contributed by atoms with Crippen LogP contribution in [0.25, 0.3) is 0 Å². The van der Waals surface area contributed by atoms with Gasteiger partial charge in [-0.25, -0.2) is 4.79 Å². The Morgan fingerprint density at radius 2 is 2.36 bits per heavy atom. The van der Waals surface area contributed by atoms with Gasteiger partial charge in [-0.3, -0.25) is 4.90 Å². The molecule has 14 heavy (non-hydrogen) atoms. The molecule has 1 unspecified atom stereocenters. The van der Waals surface area contributed by atoms with Gasteiger partial charge in [-0.1, -0.05) is 6.92 Å². The van der Waals surface area contributed by atoms with Crippen LogP contribution in [0.4, 0.5) is 4.79 Å². The lowest BCUT2D eigenvalue weighted by molar-refractivity contribution is 0.151. The largest absolute Gasteiger partial charge is 0.447 e. The van der Waals surface area contributed by atoms with Gasteiger partial charge in [0.1, 0.15) is 6.61 Å². The molecule has 0 aromatic carbocycles. The highest BCUT2D eigenvalue weighted by Crippen LogP contribution is 2.28. The van der Waals surface area contributed by atoms with Crippen LogP contribution < -0.4 is 5.73 Å². The van der Waals surface area contributed by atoms with E-state index in [0.29, 0.717) is 13.2 Å². The lowest BCUT2D eigenvalue weighted by Crippen LogP contribution is -2.45. The second-order valence-corrected chi connectivity index (χ2v) is 4.10. The molecule has 1 aliphatic heterocycles. The summed E-state index contributed by atoms with van der Waals surface area (Å²) in [5.74, 6) is 0. The molecule has 1 saturated heterocycles. The number of carbonyl (C=O) groups is 1. The predicted molar refractivity (Wildman–Crippen MR) is 55.0 cm³/mol.